The molecule has 2 aliphatic heterocycles. The fourth-order valence-corrected chi connectivity index (χ4v) is 4.18. The number of piperazine rings is 1. The van der Waals surface area contributed by atoms with E-state index in [1.165, 1.54) is 31.4 Å². The van der Waals surface area contributed by atoms with Crippen molar-refractivity contribution in [3.63, 3.8) is 0 Å². The minimum Gasteiger partial charge on any atom is -0.392 e. The Kier molecular flexibility index (Phi) is 7.50. The fraction of sp³-hybridized carbons (Fsp3) is 0.667. The van der Waals surface area contributed by atoms with Crippen LogP contribution in [0.4, 0.5) is 4.79 Å². The summed E-state index contributed by atoms with van der Waals surface area (Å²) < 4.78 is 0. The van der Waals surface area contributed by atoms with Crippen molar-refractivity contribution in [3.05, 3.63) is 35.4 Å². The third-order valence-electron chi connectivity index (χ3n) is 6.02. The highest BCUT2D eigenvalue weighted by molar-refractivity contribution is 5.74. The number of hydrogen-bond donors (Lipinski definition) is 2. The van der Waals surface area contributed by atoms with Gasteiger partial charge in [-0.2, -0.15) is 0 Å². The molecule has 6 nitrogen and oxygen atoms in total. The first-order valence-corrected chi connectivity index (χ1v) is 10.3. The Labute approximate surface area is 163 Å². The second kappa shape index (κ2) is 10.1. The van der Waals surface area contributed by atoms with Crippen molar-refractivity contribution in [1.82, 2.24) is 20.0 Å². The molecule has 0 aromatic heterocycles. The molecule has 150 valence electrons. The standard InChI is InChI=1S/C21H34N4O2/c1-23-11-5-4-8-20(23)9-10-22-21(27)25-14-12-24(13-15-25)16-18-6-2-3-7-19(18)17-26/h2-3,6-7,20,26H,4-5,8-17H2,1H3,(H,22,27)/t20-/m0/s1. The molecule has 6 heteroatoms. The Balaban J connectivity index is 1.37. The van der Waals surface area contributed by atoms with Gasteiger partial charge >= 0.3 is 6.03 Å². The van der Waals surface area contributed by atoms with Gasteiger partial charge < -0.3 is 20.2 Å². The van der Waals surface area contributed by atoms with Crippen molar-refractivity contribution in [1.29, 1.82) is 0 Å². The number of amides is 2. The Hall–Kier alpha value is -1.63. The average molecular weight is 375 g/mol. The summed E-state index contributed by atoms with van der Waals surface area (Å²) in [6, 6.07) is 8.71. The van der Waals surface area contributed by atoms with Crippen LogP contribution in [0, 0.1) is 0 Å². The van der Waals surface area contributed by atoms with Crippen LogP contribution >= 0.6 is 0 Å². The third kappa shape index (κ3) is 5.67. The number of carbonyl (C=O) groups is 1. The van der Waals surface area contributed by atoms with Crippen molar-refractivity contribution in [2.45, 2.75) is 44.9 Å². The number of carbonyl (C=O) groups excluding carboxylic acids is 1. The van der Waals surface area contributed by atoms with Crippen LogP contribution in [0.2, 0.25) is 0 Å². The number of aliphatic hydroxyl groups excluding tert-OH is 1. The number of likely N-dealkylation sites (tertiary alicyclic amines) is 1. The van der Waals surface area contributed by atoms with E-state index in [2.05, 4.69) is 28.2 Å². The molecule has 2 aliphatic rings. The molecule has 1 atom stereocenters. The van der Waals surface area contributed by atoms with Crippen LogP contribution in [0.3, 0.4) is 0 Å². The van der Waals surface area contributed by atoms with E-state index in [1.807, 2.05) is 23.1 Å². The zero-order chi connectivity index (χ0) is 19.1. The maximum absolute atomic E-state index is 12.4. The van der Waals surface area contributed by atoms with Crippen molar-refractivity contribution in [3.8, 4) is 0 Å². The zero-order valence-corrected chi connectivity index (χ0v) is 16.6. The molecule has 2 amide bonds. The van der Waals surface area contributed by atoms with Gasteiger partial charge in [0.25, 0.3) is 0 Å². The Bertz CT molecular complexity index is 602. The molecule has 1 aromatic carbocycles. The maximum Gasteiger partial charge on any atom is 0.317 e. The summed E-state index contributed by atoms with van der Waals surface area (Å²) in [4.78, 5) is 19.2. The molecule has 2 saturated heterocycles. The highest BCUT2D eigenvalue weighted by atomic mass is 16.3. The van der Waals surface area contributed by atoms with Gasteiger partial charge in [-0.25, -0.2) is 4.79 Å². The zero-order valence-electron chi connectivity index (χ0n) is 16.6. The molecule has 0 saturated carbocycles. The van der Waals surface area contributed by atoms with Crippen molar-refractivity contribution in [2.75, 3.05) is 46.3 Å². The van der Waals surface area contributed by atoms with Crippen molar-refractivity contribution >= 4 is 6.03 Å². The summed E-state index contributed by atoms with van der Waals surface area (Å²) in [7, 11) is 2.19. The molecule has 0 radical (unpaired) electrons. The summed E-state index contributed by atoms with van der Waals surface area (Å²) >= 11 is 0. The highest BCUT2D eigenvalue weighted by Gasteiger charge is 2.22. The molecule has 1 aromatic rings. The molecular weight excluding hydrogens is 340 g/mol. The van der Waals surface area contributed by atoms with E-state index in [1.54, 1.807) is 0 Å². The largest absolute Gasteiger partial charge is 0.392 e. The molecule has 0 bridgehead atoms. The number of rotatable bonds is 6. The van der Waals surface area contributed by atoms with Crippen LogP contribution in [-0.4, -0.2) is 78.2 Å². The Morgan fingerprint density at radius 1 is 1.11 bits per heavy atom. The summed E-state index contributed by atoms with van der Waals surface area (Å²) in [6.07, 6.45) is 4.90. The summed E-state index contributed by atoms with van der Waals surface area (Å²) in [5, 5.41) is 12.6. The topological polar surface area (TPSA) is 59.1 Å². The van der Waals surface area contributed by atoms with E-state index in [-0.39, 0.29) is 12.6 Å². The SMILES string of the molecule is CN1CCCC[C@H]1CCNC(=O)N1CCN(Cc2ccccc2CO)CC1. The van der Waals surface area contributed by atoms with Crippen LogP contribution in [0.25, 0.3) is 0 Å². The van der Waals surface area contributed by atoms with Crippen molar-refractivity contribution in [2.24, 2.45) is 0 Å². The van der Waals surface area contributed by atoms with Gasteiger partial charge in [0.05, 0.1) is 6.61 Å². The number of benzene rings is 1. The van der Waals surface area contributed by atoms with Gasteiger partial charge in [0.2, 0.25) is 0 Å². The van der Waals surface area contributed by atoms with Gasteiger partial charge in [0.15, 0.2) is 0 Å². The maximum atomic E-state index is 12.4. The number of nitrogens with one attached hydrogen (secondary N) is 1. The molecule has 0 spiro atoms. The number of aliphatic hydroxyl groups is 1. The first-order valence-electron chi connectivity index (χ1n) is 10.3. The summed E-state index contributed by atoms with van der Waals surface area (Å²) in [6.45, 7) is 6.12. The summed E-state index contributed by atoms with van der Waals surface area (Å²) in [5.41, 5.74) is 2.17. The molecule has 3 rings (SSSR count). The monoisotopic (exact) mass is 374 g/mol. The smallest absolute Gasteiger partial charge is 0.317 e. The lowest BCUT2D eigenvalue weighted by Crippen LogP contribution is -2.52. The number of hydrogen-bond acceptors (Lipinski definition) is 4. The Morgan fingerprint density at radius 3 is 2.56 bits per heavy atom. The van der Waals surface area contributed by atoms with Gasteiger partial charge in [-0.1, -0.05) is 30.7 Å². The normalized spacial score (nSPS) is 22.0. The second-order valence-electron chi connectivity index (χ2n) is 7.84. The van der Waals surface area contributed by atoms with E-state index in [4.69, 9.17) is 0 Å². The molecular formula is C21H34N4O2. The van der Waals surface area contributed by atoms with E-state index in [0.29, 0.717) is 6.04 Å². The van der Waals surface area contributed by atoms with Crippen LogP contribution in [-0.2, 0) is 13.2 Å². The molecule has 2 N–H and O–H groups in total. The van der Waals surface area contributed by atoms with E-state index < -0.39 is 0 Å². The lowest BCUT2D eigenvalue weighted by Gasteiger charge is -2.35. The lowest BCUT2D eigenvalue weighted by molar-refractivity contribution is 0.133. The lowest BCUT2D eigenvalue weighted by atomic mass is 10.0. The third-order valence-corrected chi connectivity index (χ3v) is 6.02. The second-order valence-corrected chi connectivity index (χ2v) is 7.84. The molecule has 0 aliphatic carbocycles. The number of nitrogens with zero attached hydrogens (tertiary/aromatic N) is 3. The van der Waals surface area contributed by atoms with Gasteiger partial charge in [0, 0.05) is 45.3 Å². The predicted octanol–water partition coefficient (Wildman–Crippen LogP) is 1.88. The number of piperidine rings is 1. The average Bonchev–Trinajstić information content (AvgIpc) is 2.70. The molecule has 27 heavy (non-hydrogen) atoms. The Morgan fingerprint density at radius 2 is 1.85 bits per heavy atom. The first-order chi connectivity index (χ1) is 13.2. The highest BCUT2D eigenvalue weighted by Crippen LogP contribution is 2.17. The van der Waals surface area contributed by atoms with Crippen LogP contribution in [0.15, 0.2) is 24.3 Å². The minimum absolute atomic E-state index is 0.0730. The number of urea groups is 1. The van der Waals surface area contributed by atoms with Gasteiger partial charge in [-0.15, -0.1) is 0 Å². The van der Waals surface area contributed by atoms with Gasteiger partial charge in [0.1, 0.15) is 0 Å². The van der Waals surface area contributed by atoms with E-state index >= 15 is 0 Å². The summed E-state index contributed by atoms with van der Waals surface area (Å²) in [5.74, 6) is 0. The minimum atomic E-state index is 0.0730. The van der Waals surface area contributed by atoms with E-state index in [9.17, 15) is 9.90 Å². The molecule has 2 heterocycles. The first kappa shape index (κ1) is 20.1. The van der Waals surface area contributed by atoms with Crippen LogP contribution in [0.5, 0.6) is 0 Å². The van der Waals surface area contributed by atoms with Gasteiger partial charge in [-0.05, 0) is 44.0 Å². The predicted molar refractivity (Wildman–Crippen MR) is 107 cm³/mol. The van der Waals surface area contributed by atoms with Crippen LogP contribution < -0.4 is 5.32 Å². The fourth-order valence-electron chi connectivity index (χ4n) is 4.18. The molecule has 0 unspecified atom stereocenters. The van der Waals surface area contributed by atoms with E-state index in [0.717, 1.165) is 51.3 Å². The van der Waals surface area contributed by atoms with Gasteiger partial charge in [-0.3, -0.25) is 4.90 Å². The molecule has 2 fully saturated rings. The quantitative estimate of drug-likeness (QED) is 0.798. The van der Waals surface area contributed by atoms with Crippen molar-refractivity contribution < 1.29 is 9.90 Å². The van der Waals surface area contributed by atoms with Crippen LogP contribution in [0.1, 0.15) is 36.8 Å².